The first kappa shape index (κ1) is 24.1. The third-order valence-electron chi connectivity index (χ3n) is 6.50. The predicted octanol–water partition coefficient (Wildman–Crippen LogP) is 4.54. The monoisotopic (exact) mass is 491 g/mol. The van der Waals surface area contributed by atoms with Gasteiger partial charge in [0.25, 0.3) is 5.91 Å². The Hall–Kier alpha value is -3.62. The second-order valence-electron chi connectivity index (χ2n) is 10.6. The number of piperidine rings is 1. The van der Waals surface area contributed by atoms with Crippen LogP contribution in [0.2, 0.25) is 0 Å². The first-order chi connectivity index (χ1) is 17.3. The lowest BCUT2D eigenvalue weighted by atomic mass is 10.0. The highest BCUT2D eigenvalue weighted by Crippen LogP contribution is 2.35. The van der Waals surface area contributed by atoms with Crippen LogP contribution in [0.25, 0.3) is 22.3 Å². The van der Waals surface area contributed by atoms with Crippen LogP contribution in [0.5, 0.6) is 5.75 Å². The molecular formula is C27H33N5O4. The van der Waals surface area contributed by atoms with Gasteiger partial charge in [0, 0.05) is 30.9 Å². The van der Waals surface area contributed by atoms with Gasteiger partial charge >= 0.3 is 6.09 Å². The lowest BCUT2D eigenvalue weighted by molar-refractivity contribution is 0.0199. The molecular weight excluding hydrogens is 458 g/mol. The third kappa shape index (κ3) is 5.45. The molecule has 1 aliphatic carbocycles. The highest BCUT2D eigenvalue weighted by atomic mass is 16.6. The van der Waals surface area contributed by atoms with E-state index in [-0.39, 0.29) is 18.0 Å². The lowest BCUT2D eigenvalue weighted by Gasteiger charge is -2.33. The number of rotatable bonds is 6. The van der Waals surface area contributed by atoms with Crippen molar-refractivity contribution in [3.63, 3.8) is 0 Å². The number of nitrogens with zero attached hydrogens (tertiary/aromatic N) is 3. The van der Waals surface area contributed by atoms with Crippen molar-refractivity contribution in [3.8, 4) is 17.0 Å². The molecule has 3 aromatic rings. The van der Waals surface area contributed by atoms with E-state index < -0.39 is 5.60 Å². The number of ether oxygens (including phenoxy) is 2. The number of carbonyl (C=O) groups is 2. The van der Waals surface area contributed by atoms with E-state index in [0.717, 1.165) is 11.3 Å². The molecule has 2 aliphatic rings. The second-order valence-corrected chi connectivity index (χ2v) is 10.6. The summed E-state index contributed by atoms with van der Waals surface area (Å²) >= 11 is 0. The van der Waals surface area contributed by atoms with Crippen molar-refractivity contribution in [2.45, 2.75) is 58.1 Å². The molecule has 2 N–H and O–H groups in total. The molecule has 1 saturated carbocycles. The number of aromatic nitrogens is 3. The number of para-hydroxylation sites is 1. The third-order valence-corrected chi connectivity index (χ3v) is 6.50. The number of hydrogen-bond donors (Lipinski definition) is 2. The van der Waals surface area contributed by atoms with Gasteiger partial charge in [-0.05, 0) is 64.5 Å². The van der Waals surface area contributed by atoms with Crippen LogP contribution in [-0.2, 0) is 4.74 Å². The molecule has 2 amide bonds. The highest BCUT2D eigenvalue weighted by molar-refractivity contribution is 6.07. The Morgan fingerprint density at radius 2 is 1.86 bits per heavy atom. The number of H-pyrrole nitrogens is 1. The number of benzene rings is 1. The van der Waals surface area contributed by atoms with Crippen LogP contribution >= 0.6 is 0 Å². The summed E-state index contributed by atoms with van der Waals surface area (Å²) < 4.78 is 11.5. The van der Waals surface area contributed by atoms with Crippen molar-refractivity contribution in [1.82, 2.24) is 25.2 Å². The molecule has 1 aliphatic heterocycles. The fourth-order valence-electron chi connectivity index (χ4n) is 4.39. The average Bonchev–Trinajstić information content (AvgIpc) is 3.58. The van der Waals surface area contributed by atoms with Gasteiger partial charge in [-0.25, -0.2) is 14.8 Å². The summed E-state index contributed by atoms with van der Waals surface area (Å²) in [6.45, 7) is 7.35. The van der Waals surface area contributed by atoms with E-state index in [4.69, 9.17) is 9.47 Å². The molecule has 3 heterocycles. The lowest BCUT2D eigenvalue weighted by Crippen LogP contribution is -2.47. The number of fused-ring (bicyclic) bond motifs is 1. The Balaban J connectivity index is 1.28. The SMILES string of the molecule is CC(C)(C)OC(=O)N1CCC(NC(=O)c2c[nH]c3c(-c4ccccc4OCC4CC4)ncnc23)CC1. The Labute approximate surface area is 210 Å². The number of nitrogens with one attached hydrogen (secondary N) is 2. The molecule has 2 aromatic heterocycles. The Morgan fingerprint density at radius 3 is 2.58 bits per heavy atom. The predicted molar refractivity (Wildman–Crippen MR) is 136 cm³/mol. The highest BCUT2D eigenvalue weighted by Gasteiger charge is 2.28. The van der Waals surface area contributed by atoms with Crippen LogP contribution in [0, 0.1) is 5.92 Å². The van der Waals surface area contributed by atoms with Crippen molar-refractivity contribution in [3.05, 3.63) is 42.4 Å². The van der Waals surface area contributed by atoms with E-state index in [9.17, 15) is 9.59 Å². The van der Waals surface area contributed by atoms with Gasteiger partial charge in [-0.15, -0.1) is 0 Å². The molecule has 1 saturated heterocycles. The standard InChI is InChI=1S/C27H33N5O4/c1-27(2,3)36-26(34)32-12-10-18(11-13-32)31-25(33)20-14-28-24-22(29-16-30-23(20)24)19-6-4-5-7-21(19)35-15-17-8-9-17/h4-7,14,16-18,28H,8-13,15H2,1-3H3,(H,31,33). The summed E-state index contributed by atoms with van der Waals surface area (Å²) in [6, 6.07) is 7.80. The van der Waals surface area contributed by atoms with E-state index in [1.165, 1.54) is 19.2 Å². The number of amides is 2. The van der Waals surface area contributed by atoms with Gasteiger partial charge in [-0.2, -0.15) is 0 Å². The van der Waals surface area contributed by atoms with Gasteiger partial charge < -0.3 is 24.7 Å². The van der Waals surface area contributed by atoms with Crippen molar-refractivity contribution in [2.75, 3.05) is 19.7 Å². The zero-order chi connectivity index (χ0) is 25.3. The molecule has 9 nitrogen and oxygen atoms in total. The maximum Gasteiger partial charge on any atom is 0.410 e. The maximum absolute atomic E-state index is 13.2. The van der Waals surface area contributed by atoms with Crippen molar-refractivity contribution >= 4 is 23.0 Å². The fraction of sp³-hybridized carbons (Fsp3) is 0.481. The molecule has 0 bridgehead atoms. The van der Waals surface area contributed by atoms with Crippen LogP contribution in [0.3, 0.4) is 0 Å². The molecule has 2 fully saturated rings. The van der Waals surface area contributed by atoms with Crippen molar-refractivity contribution < 1.29 is 19.1 Å². The molecule has 0 radical (unpaired) electrons. The second kappa shape index (κ2) is 9.79. The van der Waals surface area contributed by atoms with Crippen LogP contribution in [0.4, 0.5) is 4.79 Å². The largest absolute Gasteiger partial charge is 0.493 e. The molecule has 36 heavy (non-hydrogen) atoms. The molecule has 5 rings (SSSR count). The topological polar surface area (TPSA) is 109 Å². The molecule has 1 aromatic carbocycles. The number of carbonyl (C=O) groups excluding carboxylic acids is 2. The number of aromatic amines is 1. The summed E-state index contributed by atoms with van der Waals surface area (Å²) in [7, 11) is 0. The van der Waals surface area contributed by atoms with Gasteiger partial charge in [0.2, 0.25) is 0 Å². The number of likely N-dealkylation sites (tertiary alicyclic amines) is 1. The summed E-state index contributed by atoms with van der Waals surface area (Å²) in [5.41, 5.74) is 2.79. The van der Waals surface area contributed by atoms with Gasteiger partial charge in [-0.1, -0.05) is 12.1 Å². The summed E-state index contributed by atoms with van der Waals surface area (Å²) in [4.78, 5) is 39.3. The van der Waals surface area contributed by atoms with E-state index in [1.54, 1.807) is 11.1 Å². The Bertz CT molecular complexity index is 1250. The number of hydrogen-bond acceptors (Lipinski definition) is 6. The van der Waals surface area contributed by atoms with Crippen LogP contribution in [-0.4, -0.2) is 63.2 Å². The molecule has 9 heteroatoms. The van der Waals surface area contributed by atoms with Crippen molar-refractivity contribution in [2.24, 2.45) is 5.92 Å². The smallest absolute Gasteiger partial charge is 0.410 e. The molecule has 190 valence electrons. The quantitative estimate of drug-likeness (QED) is 0.524. The minimum Gasteiger partial charge on any atom is -0.493 e. The van der Waals surface area contributed by atoms with Gasteiger partial charge in [0.1, 0.15) is 28.9 Å². The summed E-state index contributed by atoms with van der Waals surface area (Å²) in [5, 5.41) is 3.11. The van der Waals surface area contributed by atoms with Gasteiger partial charge in [0.15, 0.2) is 0 Å². The molecule has 0 spiro atoms. The fourth-order valence-corrected chi connectivity index (χ4v) is 4.39. The zero-order valence-corrected chi connectivity index (χ0v) is 21.0. The Kier molecular flexibility index (Phi) is 6.55. The van der Waals surface area contributed by atoms with E-state index in [0.29, 0.717) is 60.7 Å². The minimum atomic E-state index is -0.526. The zero-order valence-electron chi connectivity index (χ0n) is 21.0. The average molecular weight is 492 g/mol. The minimum absolute atomic E-state index is 0.0287. The van der Waals surface area contributed by atoms with Crippen LogP contribution in [0.15, 0.2) is 36.8 Å². The maximum atomic E-state index is 13.2. The molecule has 0 unspecified atom stereocenters. The van der Waals surface area contributed by atoms with Crippen LogP contribution < -0.4 is 10.1 Å². The van der Waals surface area contributed by atoms with E-state index in [2.05, 4.69) is 20.3 Å². The van der Waals surface area contributed by atoms with Gasteiger partial charge in [0.05, 0.1) is 17.7 Å². The van der Waals surface area contributed by atoms with Crippen molar-refractivity contribution in [1.29, 1.82) is 0 Å². The molecule has 0 atom stereocenters. The first-order valence-electron chi connectivity index (χ1n) is 12.6. The summed E-state index contributed by atoms with van der Waals surface area (Å²) in [6.07, 6.45) is 6.62. The van der Waals surface area contributed by atoms with E-state index in [1.807, 2.05) is 45.0 Å². The Morgan fingerprint density at radius 1 is 1.11 bits per heavy atom. The van der Waals surface area contributed by atoms with Gasteiger partial charge in [-0.3, -0.25) is 4.79 Å². The summed E-state index contributed by atoms with van der Waals surface area (Å²) in [5.74, 6) is 1.22. The van der Waals surface area contributed by atoms with Crippen LogP contribution in [0.1, 0.15) is 56.8 Å². The normalized spacial score (nSPS) is 16.7. The first-order valence-corrected chi connectivity index (χ1v) is 12.6. The van der Waals surface area contributed by atoms with E-state index >= 15 is 0 Å².